The van der Waals surface area contributed by atoms with E-state index in [0.29, 0.717) is 4.88 Å². The Hall–Kier alpha value is -1.72. The summed E-state index contributed by atoms with van der Waals surface area (Å²) in [5.41, 5.74) is 0.901. The summed E-state index contributed by atoms with van der Waals surface area (Å²) in [6.45, 7) is -0.245. The van der Waals surface area contributed by atoms with E-state index in [4.69, 9.17) is 4.74 Å². The molecule has 0 aliphatic rings. The number of hydrogen-bond acceptors (Lipinski definition) is 4. The van der Waals surface area contributed by atoms with Gasteiger partial charge >= 0.3 is 5.97 Å². The second-order valence-corrected chi connectivity index (χ2v) is 6.34. The Morgan fingerprint density at radius 3 is 2.55 bits per heavy atom. The summed E-state index contributed by atoms with van der Waals surface area (Å²) in [6, 6.07) is 12.9. The van der Waals surface area contributed by atoms with Gasteiger partial charge in [0.1, 0.15) is 0 Å². The van der Waals surface area contributed by atoms with Crippen molar-refractivity contribution in [1.29, 1.82) is 0 Å². The molecule has 20 heavy (non-hydrogen) atoms. The average Bonchev–Trinajstić information content (AvgIpc) is 2.90. The van der Waals surface area contributed by atoms with Crippen molar-refractivity contribution in [3.8, 4) is 0 Å². The van der Waals surface area contributed by atoms with E-state index in [1.54, 1.807) is 18.2 Å². The molecule has 0 amide bonds. The minimum Gasteiger partial charge on any atom is -0.454 e. The average molecular weight is 351 g/mol. The maximum Gasteiger partial charge on any atom is 0.331 e. The van der Waals surface area contributed by atoms with Crippen molar-refractivity contribution in [1.82, 2.24) is 0 Å². The molecule has 0 bridgehead atoms. The Morgan fingerprint density at radius 2 is 1.90 bits per heavy atom. The summed E-state index contributed by atoms with van der Waals surface area (Å²) in [5.74, 6) is -0.736. The number of halogens is 1. The van der Waals surface area contributed by atoms with Gasteiger partial charge in [-0.05, 0) is 39.7 Å². The summed E-state index contributed by atoms with van der Waals surface area (Å²) < 4.78 is 5.78. The number of benzene rings is 1. The Balaban J connectivity index is 1.83. The summed E-state index contributed by atoms with van der Waals surface area (Å²) >= 11 is 4.59. The third-order valence-corrected chi connectivity index (χ3v) is 4.07. The van der Waals surface area contributed by atoms with Gasteiger partial charge in [0.15, 0.2) is 6.61 Å². The molecule has 1 aromatic carbocycles. The summed E-state index contributed by atoms with van der Waals surface area (Å²) in [6.07, 6.45) is 2.96. The number of ether oxygens (including phenoxy) is 1. The van der Waals surface area contributed by atoms with Gasteiger partial charge in [-0.3, -0.25) is 4.79 Å². The molecule has 0 saturated carbocycles. The third-order valence-electron chi connectivity index (χ3n) is 2.40. The number of thiophene rings is 1. The normalized spacial score (nSPS) is 10.7. The first kappa shape index (κ1) is 14.7. The predicted molar refractivity (Wildman–Crippen MR) is 82.8 cm³/mol. The molecule has 0 fully saturated rings. The van der Waals surface area contributed by atoms with Gasteiger partial charge in [0.2, 0.25) is 5.78 Å². The molecule has 0 radical (unpaired) electrons. The molecule has 0 spiro atoms. The van der Waals surface area contributed by atoms with Crippen LogP contribution in [0.5, 0.6) is 0 Å². The Labute approximate surface area is 129 Å². The van der Waals surface area contributed by atoms with E-state index in [2.05, 4.69) is 15.9 Å². The van der Waals surface area contributed by atoms with Crippen LogP contribution in [0, 0.1) is 0 Å². The zero-order chi connectivity index (χ0) is 14.4. The lowest BCUT2D eigenvalue weighted by atomic mass is 10.2. The smallest absolute Gasteiger partial charge is 0.331 e. The summed E-state index contributed by atoms with van der Waals surface area (Å²) in [7, 11) is 0. The molecule has 0 N–H and O–H groups in total. The van der Waals surface area contributed by atoms with E-state index in [1.165, 1.54) is 17.4 Å². The molecule has 0 unspecified atom stereocenters. The number of hydrogen-bond donors (Lipinski definition) is 0. The van der Waals surface area contributed by atoms with Crippen LogP contribution in [-0.2, 0) is 9.53 Å². The van der Waals surface area contributed by atoms with E-state index in [0.717, 1.165) is 9.35 Å². The number of carbonyl (C=O) groups excluding carboxylic acids is 2. The molecule has 0 atom stereocenters. The largest absolute Gasteiger partial charge is 0.454 e. The van der Waals surface area contributed by atoms with Crippen LogP contribution in [0.15, 0.2) is 52.3 Å². The van der Waals surface area contributed by atoms with E-state index < -0.39 is 5.97 Å². The van der Waals surface area contributed by atoms with Crippen LogP contribution in [0.4, 0.5) is 0 Å². The van der Waals surface area contributed by atoms with Crippen LogP contribution in [-0.4, -0.2) is 18.4 Å². The molecule has 1 heterocycles. The highest BCUT2D eigenvalue weighted by atomic mass is 79.9. The first-order chi connectivity index (χ1) is 9.65. The van der Waals surface area contributed by atoms with Gasteiger partial charge in [0.05, 0.1) is 8.66 Å². The molecule has 2 rings (SSSR count). The van der Waals surface area contributed by atoms with Crippen molar-refractivity contribution >= 4 is 45.1 Å². The van der Waals surface area contributed by atoms with Crippen molar-refractivity contribution in [3.63, 3.8) is 0 Å². The fourth-order valence-corrected chi connectivity index (χ4v) is 2.76. The molecule has 5 heteroatoms. The van der Waals surface area contributed by atoms with E-state index in [9.17, 15) is 9.59 Å². The summed E-state index contributed by atoms with van der Waals surface area (Å²) in [4.78, 5) is 23.8. The highest BCUT2D eigenvalue weighted by molar-refractivity contribution is 9.11. The topological polar surface area (TPSA) is 43.4 Å². The Kier molecular flexibility index (Phi) is 5.26. The van der Waals surface area contributed by atoms with Crippen LogP contribution >= 0.6 is 27.3 Å². The van der Waals surface area contributed by atoms with Crippen LogP contribution in [0.25, 0.3) is 6.08 Å². The van der Waals surface area contributed by atoms with Crippen LogP contribution < -0.4 is 0 Å². The predicted octanol–water partition coefficient (Wildman–Crippen LogP) is 3.95. The molecule has 102 valence electrons. The molecule has 2 aromatic rings. The highest BCUT2D eigenvalue weighted by Gasteiger charge is 2.10. The van der Waals surface area contributed by atoms with Gasteiger partial charge in [-0.15, -0.1) is 11.3 Å². The lowest BCUT2D eigenvalue weighted by Gasteiger charge is -1.99. The van der Waals surface area contributed by atoms with Crippen molar-refractivity contribution in [2.45, 2.75) is 0 Å². The first-order valence-electron chi connectivity index (χ1n) is 5.83. The van der Waals surface area contributed by atoms with Crippen LogP contribution in [0.2, 0.25) is 0 Å². The quantitative estimate of drug-likeness (QED) is 0.465. The van der Waals surface area contributed by atoms with E-state index >= 15 is 0 Å². The Bertz CT molecular complexity index is 632. The van der Waals surface area contributed by atoms with Gasteiger partial charge in [-0.2, -0.15) is 0 Å². The number of ketones is 1. The highest BCUT2D eigenvalue weighted by Crippen LogP contribution is 2.22. The first-order valence-corrected chi connectivity index (χ1v) is 7.44. The number of rotatable bonds is 5. The van der Waals surface area contributed by atoms with Gasteiger partial charge in [-0.1, -0.05) is 30.3 Å². The van der Waals surface area contributed by atoms with Crippen molar-refractivity contribution in [2.75, 3.05) is 6.61 Å². The van der Waals surface area contributed by atoms with Gasteiger partial charge in [0, 0.05) is 6.08 Å². The monoisotopic (exact) mass is 350 g/mol. The van der Waals surface area contributed by atoms with Gasteiger partial charge < -0.3 is 4.74 Å². The number of esters is 1. The second kappa shape index (κ2) is 7.17. The van der Waals surface area contributed by atoms with Crippen LogP contribution in [0.1, 0.15) is 15.2 Å². The van der Waals surface area contributed by atoms with Crippen molar-refractivity contribution in [3.05, 3.63) is 62.8 Å². The lowest BCUT2D eigenvalue weighted by molar-refractivity contribution is -0.136. The van der Waals surface area contributed by atoms with Gasteiger partial charge in [0.25, 0.3) is 0 Å². The summed E-state index contributed by atoms with van der Waals surface area (Å²) in [5, 5.41) is 0. The Morgan fingerprint density at radius 1 is 1.15 bits per heavy atom. The fourth-order valence-electron chi connectivity index (χ4n) is 1.45. The van der Waals surface area contributed by atoms with Crippen LogP contribution in [0.3, 0.4) is 0 Å². The minimum atomic E-state index is -0.530. The van der Waals surface area contributed by atoms with E-state index in [1.807, 2.05) is 30.3 Å². The van der Waals surface area contributed by atoms with Gasteiger partial charge in [-0.25, -0.2) is 4.79 Å². The molecule has 0 aliphatic heterocycles. The van der Waals surface area contributed by atoms with Crippen molar-refractivity contribution in [2.24, 2.45) is 0 Å². The van der Waals surface area contributed by atoms with Crippen molar-refractivity contribution < 1.29 is 14.3 Å². The molecule has 3 nitrogen and oxygen atoms in total. The molecular formula is C15H11BrO3S. The SMILES string of the molecule is O=C(C=Cc1ccccc1)OCC(=O)c1ccc(Br)s1. The maximum absolute atomic E-state index is 11.7. The number of Topliss-reactive ketones (excluding diaryl/α,β-unsaturated/α-hetero) is 1. The maximum atomic E-state index is 11.7. The molecule has 1 aromatic heterocycles. The molecule has 0 aliphatic carbocycles. The molecular weight excluding hydrogens is 340 g/mol. The minimum absolute atomic E-state index is 0.206. The fraction of sp³-hybridized carbons (Fsp3) is 0.0667. The standard InChI is InChI=1S/C15H11BrO3S/c16-14-8-7-13(20-14)12(17)10-19-15(18)9-6-11-4-2-1-3-5-11/h1-9H,10H2. The zero-order valence-corrected chi connectivity index (χ0v) is 12.8. The van der Waals surface area contributed by atoms with E-state index in [-0.39, 0.29) is 12.4 Å². The molecule has 0 saturated heterocycles. The second-order valence-electron chi connectivity index (χ2n) is 3.88. The lowest BCUT2D eigenvalue weighted by Crippen LogP contribution is -2.11. The zero-order valence-electron chi connectivity index (χ0n) is 10.4. The third kappa shape index (κ3) is 4.43. The number of carbonyl (C=O) groups is 2.